The summed E-state index contributed by atoms with van der Waals surface area (Å²) >= 11 is 5.67. The summed E-state index contributed by atoms with van der Waals surface area (Å²) in [4.78, 5) is 0. The van der Waals surface area contributed by atoms with Crippen molar-refractivity contribution in [2.45, 2.75) is 19.6 Å². The van der Waals surface area contributed by atoms with E-state index in [1.165, 1.54) is 0 Å². The molecule has 0 aromatic rings. The first kappa shape index (κ1) is 10.4. The van der Waals surface area contributed by atoms with Crippen molar-refractivity contribution in [3.8, 4) is 0 Å². The Kier molecular flexibility index (Phi) is 6.90. The molecule has 1 N–H and O–H groups in total. The Hall–Kier alpha value is 0.467. The van der Waals surface area contributed by atoms with Gasteiger partial charge in [0.25, 0.3) is 0 Å². The van der Waals surface area contributed by atoms with Crippen molar-refractivity contribution < 1.29 is 5.11 Å². The van der Waals surface area contributed by atoms with Crippen LogP contribution in [0, 0.1) is 0 Å². The second-order valence-electron chi connectivity index (χ2n) is 2.07. The van der Waals surface area contributed by atoms with Gasteiger partial charge in [-0.15, -0.1) is 0 Å². The molecule has 0 aliphatic rings. The number of aliphatic hydroxyl groups excluding tert-OH is 1. The van der Waals surface area contributed by atoms with Gasteiger partial charge in [-0.2, -0.15) is 11.1 Å². The average molecular weight is 141 g/mol. The molecule has 1 nitrogen and oxygen atoms in total. The lowest BCUT2D eigenvalue weighted by Gasteiger charge is -1.97. The number of aliphatic hydroxyl groups is 1. The highest BCUT2D eigenvalue weighted by Gasteiger charge is 2.04. The van der Waals surface area contributed by atoms with Crippen molar-refractivity contribution in [3.05, 3.63) is 0 Å². The van der Waals surface area contributed by atoms with E-state index in [-0.39, 0.29) is 0 Å². The van der Waals surface area contributed by atoms with Crippen molar-refractivity contribution in [3.63, 3.8) is 0 Å². The molecule has 0 radical (unpaired) electrons. The molecular weight excluding hydrogens is 128 g/mol. The predicted octanol–water partition coefficient (Wildman–Crippen LogP) is 1.67. The molecule has 0 heterocycles. The fourth-order valence-corrected chi connectivity index (χ4v) is 0. The van der Waals surface area contributed by atoms with Gasteiger partial charge in [0.05, 0.1) is 0 Å². The minimum atomic E-state index is -1.14. The molecule has 46 valence electrons. The van der Waals surface area contributed by atoms with Crippen LogP contribution in [0.5, 0.6) is 0 Å². The molecule has 0 aromatic heterocycles. The Morgan fingerprint density at radius 1 is 1.14 bits per heavy atom. The van der Waals surface area contributed by atoms with Crippen LogP contribution in [0.25, 0.3) is 0 Å². The van der Waals surface area contributed by atoms with Crippen molar-refractivity contribution >= 4 is 18.5 Å². The summed E-state index contributed by atoms with van der Waals surface area (Å²) in [6.45, 7) is 6.28. The van der Waals surface area contributed by atoms with E-state index in [9.17, 15) is 0 Å². The van der Waals surface area contributed by atoms with E-state index in [0.29, 0.717) is 0 Å². The molecule has 0 spiro atoms. The van der Waals surface area contributed by atoms with Gasteiger partial charge in [-0.05, 0) is 0 Å². The predicted molar refractivity (Wildman–Crippen MR) is 37.3 cm³/mol. The molecule has 0 unspecified atom stereocenters. The van der Waals surface area contributed by atoms with Crippen molar-refractivity contribution in [2.75, 3.05) is 7.11 Å². The lowest BCUT2D eigenvalue weighted by molar-refractivity contribution is 0.399. The molecule has 0 fully saturated rings. The van der Waals surface area contributed by atoms with Gasteiger partial charge in [0.1, 0.15) is 7.38 Å². The first-order valence-electron chi connectivity index (χ1n) is 2.14. The molecule has 0 rings (SSSR count). The van der Waals surface area contributed by atoms with Crippen molar-refractivity contribution in [1.82, 2.24) is 0 Å². The summed E-state index contributed by atoms with van der Waals surface area (Å²) in [5, 5.41) is 7.00. The summed E-state index contributed by atoms with van der Waals surface area (Å²) in [5.41, 5.74) is 0. The largest absolute Gasteiger partial charge is 0.400 e. The second kappa shape index (κ2) is 4.62. The molecule has 0 aromatic carbocycles. The first-order valence-corrected chi connectivity index (χ1v) is 6.65. The zero-order chi connectivity index (χ0) is 6.50. The molecule has 0 bridgehead atoms. The van der Waals surface area contributed by atoms with Crippen LogP contribution in [0.4, 0.5) is 0 Å². The van der Waals surface area contributed by atoms with Gasteiger partial charge in [0.2, 0.25) is 0 Å². The molecule has 0 atom stereocenters. The number of rotatable bonds is 0. The van der Waals surface area contributed by atoms with Crippen molar-refractivity contribution in [1.29, 1.82) is 0 Å². The minimum absolute atomic E-state index is 1.00. The van der Waals surface area contributed by atoms with Crippen LogP contribution in [0.1, 0.15) is 0 Å². The van der Waals surface area contributed by atoms with Crippen molar-refractivity contribution in [2.24, 2.45) is 0 Å². The maximum atomic E-state index is 7.00. The third-order valence-corrected chi connectivity index (χ3v) is 0. The molecule has 0 saturated heterocycles. The smallest absolute Gasteiger partial charge is 0.147 e. The van der Waals surface area contributed by atoms with Crippen LogP contribution in [0.2, 0.25) is 19.6 Å². The number of hydrogen-bond donors (Lipinski definition) is 1. The van der Waals surface area contributed by atoms with E-state index in [4.69, 9.17) is 16.2 Å². The van der Waals surface area contributed by atoms with E-state index >= 15 is 0 Å². The summed E-state index contributed by atoms with van der Waals surface area (Å²) in [7, 11) is -0.139. The van der Waals surface area contributed by atoms with Crippen LogP contribution in [0.15, 0.2) is 0 Å². The third-order valence-electron chi connectivity index (χ3n) is 0. The Bertz CT molecular complexity index is 27.2. The highest BCUT2D eigenvalue weighted by Crippen LogP contribution is 2.03. The van der Waals surface area contributed by atoms with Crippen LogP contribution in [-0.2, 0) is 0 Å². The molecular formula is C4H13ClOSi. The van der Waals surface area contributed by atoms with Crippen LogP contribution in [0.3, 0.4) is 0 Å². The van der Waals surface area contributed by atoms with E-state index < -0.39 is 7.38 Å². The standard InChI is InChI=1S/C3H9ClSi.CH4O/c1-5(2,3)4;1-2/h1-3H3;2H,1H3. The van der Waals surface area contributed by atoms with Crippen LogP contribution >= 0.6 is 11.1 Å². The van der Waals surface area contributed by atoms with E-state index in [1.807, 2.05) is 0 Å². The molecule has 0 aliphatic carbocycles. The Labute approximate surface area is 51.0 Å². The zero-order valence-corrected chi connectivity index (χ0v) is 7.08. The highest BCUT2D eigenvalue weighted by molar-refractivity contribution is 7.18. The van der Waals surface area contributed by atoms with Gasteiger partial charge in [-0.25, -0.2) is 0 Å². The molecule has 7 heavy (non-hydrogen) atoms. The number of hydrogen-bond acceptors (Lipinski definition) is 1. The molecule has 0 amide bonds. The van der Waals surface area contributed by atoms with Gasteiger partial charge in [0, 0.05) is 7.11 Å². The maximum Gasteiger partial charge on any atom is 0.147 e. The summed E-state index contributed by atoms with van der Waals surface area (Å²) in [6.07, 6.45) is 0. The van der Waals surface area contributed by atoms with Gasteiger partial charge in [-0.1, -0.05) is 19.6 Å². The first-order chi connectivity index (χ1) is 3.00. The summed E-state index contributed by atoms with van der Waals surface area (Å²) < 4.78 is 0. The SMILES string of the molecule is CO.C[Si](C)(C)Cl. The van der Waals surface area contributed by atoms with Crippen LogP contribution < -0.4 is 0 Å². The van der Waals surface area contributed by atoms with Gasteiger partial charge >= 0.3 is 0 Å². The molecule has 0 saturated carbocycles. The fourth-order valence-electron chi connectivity index (χ4n) is 0. The monoisotopic (exact) mass is 140 g/mol. The Balaban J connectivity index is 0. The summed E-state index contributed by atoms with van der Waals surface area (Å²) in [5.74, 6) is 0. The Morgan fingerprint density at radius 2 is 1.14 bits per heavy atom. The van der Waals surface area contributed by atoms with Gasteiger partial charge in [-0.3, -0.25) is 0 Å². The quantitative estimate of drug-likeness (QED) is 0.401. The Morgan fingerprint density at radius 3 is 1.14 bits per heavy atom. The molecule has 3 heteroatoms. The number of halogens is 1. The normalized spacial score (nSPS) is 9.43. The average Bonchev–Trinajstić information content (AvgIpc) is 1.36. The summed E-state index contributed by atoms with van der Waals surface area (Å²) in [6, 6.07) is 0. The minimum Gasteiger partial charge on any atom is -0.400 e. The fraction of sp³-hybridized carbons (Fsp3) is 1.00. The zero-order valence-electron chi connectivity index (χ0n) is 5.33. The van der Waals surface area contributed by atoms with E-state index in [0.717, 1.165) is 7.11 Å². The lowest BCUT2D eigenvalue weighted by Crippen LogP contribution is -2.06. The van der Waals surface area contributed by atoms with Crippen LogP contribution in [-0.4, -0.2) is 19.6 Å². The van der Waals surface area contributed by atoms with Gasteiger partial charge < -0.3 is 5.11 Å². The molecule has 0 aliphatic heterocycles. The van der Waals surface area contributed by atoms with E-state index in [1.54, 1.807) is 0 Å². The third kappa shape index (κ3) is 592. The second-order valence-corrected chi connectivity index (χ2v) is 9.60. The maximum absolute atomic E-state index is 7.00. The van der Waals surface area contributed by atoms with E-state index in [2.05, 4.69) is 19.6 Å². The topological polar surface area (TPSA) is 20.2 Å². The lowest BCUT2D eigenvalue weighted by atomic mass is 11.8. The highest BCUT2D eigenvalue weighted by atomic mass is 35.6. The van der Waals surface area contributed by atoms with Gasteiger partial charge in [0.15, 0.2) is 0 Å².